The maximum absolute atomic E-state index is 14.9. The normalized spacial score (nSPS) is 14.2. The van der Waals surface area contributed by atoms with E-state index in [9.17, 15) is 33.7 Å². The van der Waals surface area contributed by atoms with Gasteiger partial charge >= 0.3 is 5.97 Å². The Hall–Kier alpha value is -3.21. The molecule has 0 saturated carbocycles. The molecule has 0 amide bonds. The molecule has 8 nitrogen and oxygen atoms in total. The summed E-state index contributed by atoms with van der Waals surface area (Å²) in [6.45, 7) is -0.400. The lowest BCUT2D eigenvalue weighted by Gasteiger charge is -2.38. The number of aromatic carboxylic acids is 1. The molecule has 3 aromatic rings. The van der Waals surface area contributed by atoms with Gasteiger partial charge in [-0.3, -0.25) is 4.79 Å². The fourth-order valence-electron chi connectivity index (χ4n) is 3.64. The maximum atomic E-state index is 14.9. The molecule has 4 rings (SSSR count). The first-order valence-electron chi connectivity index (χ1n) is 9.06. The number of carboxylic acid groups (broad SMARTS) is 1. The maximum Gasteiger partial charge on any atom is 0.341 e. The number of carboxylic acids is 1. The molecular formula is C20H16ClF2N3O5. The summed E-state index contributed by atoms with van der Waals surface area (Å²) >= 11 is 6.49. The number of nitrogens with two attached hydrogens (primary N) is 1. The standard InChI is InChI=1S/C20H16ClF2N3O5/c21-16-17-10(2-13(23)18(16)25-4-9(28)5-25)19(29)11(20(30)31)6-26(17)15-3-14(24)12(22)1-8(15)7-27/h1-3,6,9,27-28H,4-5,7,24H2,(H,30,31). The molecule has 1 fully saturated rings. The minimum Gasteiger partial charge on any atom is -0.477 e. The number of aliphatic hydroxyl groups excluding tert-OH is 2. The first kappa shape index (κ1) is 21.0. The van der Waals surface area contributed by atoms with Crippen molar-refractivity contribution in [1.29, 1.82) is 0 Å². The summed E-state index contributed by atoms with van der Waals surface area (Å²) in [5.74, 6) is -3.23. The Kier molecular flexibility index (Phi) is 5.08. The van der Waals surface area contributed by atoms with Crippen LogP contribution in [0.4, 0.5) is 20.2 Å². The van der Waals surface area contributed by atoms with Crippen molar-refractivity contribution in [1.82, 2.24) is 4.57 Å². The van der Waals surface area contributed by atoms with E-state index in [2.05, 4.69) is 0 Å². The van der Waals surface area contributed by atoms with Gasteiger partial charge in [0.15, 0.2) is 0 Å². The van der Waals surface area contributed by atoms with Crippen LogP contribution in [0.5, 0.6) is 0 Å². The lowest BCUT2D eigenvalue weighted by atomic mass is 10.0. The topological polar surface area (TPSA) is 129 Å². The average Bonchev–Trinajstić information content (AvgIpc) is 2.68. The van der Waals surface area contributed by atoms with Gasteiger partial charge in [0.05, 0.1) is 45.7 Å². The number of nitrogens with zero attached hydrogens (tertiary/aromatic N) is 2. The zero-order valence-corrected chi connectivity index (χ0v) is 16.5. The number of nitrogen functional groups attached to an aromatic ring is 1. The molecule has 2 heterocycles. The molecule has 1 aliphatic heterocycles. The molecule has 0 radical (unpaired) electrons. The van der Waals surface area contributed by atoms with Crippen molar-refractivity contribution in [3.63, 3.8) is 0 Å². The van der Waals surface area contributed by atoms with Gasteiger partial charge in [0.25, 0.3) is 0 Å². The van der Waals surface area contributed by atoms with Gasteiger partial charge in [-0.05, 0) is 18.2 Å². The van der Waals surface area contributed by atoms with Crippen LogP contribution < -0.4 is 16.1 Å². The van der Waals surface area contributed by atoms with E-state index in [1.165, 1.54) is 9.47 Å². The fraction of sp³-hybridized carbons (Fsp3) is 0.200. The number of rotatable bonds is 4. The van der Waals surface area contributed by atoms with E-state index in [1.54, 1.807) is 0 Å². The predicted molar refractivity (Wildman–Crippen MR) is 110 cm³/mol. The van der Waals surface area contributed by atoms with E-state index in [1.807, 2.05) is 0 Å². The molecule has 0 unspecified atom stereocenters. The van der Waals surface area contributed by atoms with Crippen molar-refractivity contribution in [2.45, 2.75) is 12.7 Å². The first-order valence-corrected chi connectivity index (χ1v) is 9.44. The van der Waals surface area contributed by atoms with Gasteiger partial charge in [0, 0.05) is 24.8 Å². The summed E-state index contributed by atoms with van der Waals surface area (Å²) in [5.41, 5.74) is 3.71. The number of aromatic nitrogens is 1. The average molecular weight is 452 g/mol. The van der Waals surface area contributed by atoms with Crippen molar-refractivity contribution in [3.05, 3.63) is 62.4 Å². The Morgan fingerprint density at radius 3 is 2.48 bits per heavy atom. The second-order valence-corrected chi connectivity index (χ2v) is 7.56. The number of benzene rings is 2. The minimum atomic E-state index is -1.56. The van der Waals surface area contributed by atoms with Crippen molar-refractivity contribution >= 4 is 39.8 Å². The molecule has 31 heavy (non-hydrogen) atoms. The lowest BCUT2D eigenvalue weighted by Crippen LogP contribution is -2.51. The number of pyridine rings is 1. The molecule has 1 aliphatic rings. The monoisotopic (exact) mass is 451 g/mol. The Balaban J connectivity index is 2.15. The molecule has 0 atom stereocenters. The highest BCUT2D eigenvalue weighted by molar-refractivity contribution is 6.38. The van der Waals surface area contributed by atoms with Crippen molar-refractivity contribution in [2.75, 3.05) is 23.7 Å². The number of β-amino-alcohol motifs (C(OH)–C–C–N with tert-alkyl or cyclic N) is 1. The summed E-state index contributed by atoms with van der Waals surface area (Å²) in [6.07, 6.45) is 0.304. The van der Waals surface area contributed by atoms with E-state index in [4.69, 9.17) is 17.3 Å². The smallest absolute Gasteiger partial charge is 0.341 e. The summed E-state index contributed by atoms with van der Waals surface area (Å²) in [7, 11) is 0. The Morgan fingerprint density at radius 1 is 1.23 bits per heavy atom. The quantitative estimate of drug-likeness (QED) is 0.446. The third-order valence-electron chi connectivity index (χ3n) is 5.19. The van der Waals surface area contributed by atoms with Crippen LogP contribution in [-0.4, -0.2) is 45.0 Å². The number of aliphatic hydroxyl groups is 2. The molecule has 0 bridgehead atoms. The zero-order chi connectivity index (χ0) is 22.6. The molecule has 2 aromatic carbocycles. The molecule has 162 valence electrons. The third kappa shape index (κ3) is 3.29. The highest BCUT2D eigenvalue weighted by Gasteiger charge is 2.31. The van der Waals surface area contributed by atoms with E-state index >= 15 is 0 Å². The minimum absolute atomic E-state index is 0.0364. The fourth-order valence-corrected chi connectivity index (χ4v) is 4.05. The summed E-state index contributed by atoms with van der Waals surface area (Å²) in [4.78, 5) is 25.9. The van der Waals surface area contributed by atoms with E-state index in [0.29, 0.717) is 0 Å². The Morgan fingerprint density at radius 2 is 1.90 bits per heavy atom. The molecule has 1 aromatic heterocycles. The second kappa shape index (κ2) is 7.49. The van der Waals surface area contributed by atoms with Gasteiger partial charge in [-0.2, -0.15) is 0 Å². The van der Waals surface area contributed by atoms with Gasteiger partial charge in [-0.25, -0.2) is 13.6 Å². The SMILES string of the molecule is Nc1cc(-n2cc(C(=O)O)c(=O)c3cc(F)c(N4CC(O)C4)c(Cl)c32)c(CO)cc1F. The van der Waals surface area contributed by atoms with Crippen molar-refractivity contribution < 1.29 is 28.9 Å². The predicted octanol–water partition coefficient (Wildman–Crippen LogP) is 1.88. The van der Waals surface area contributed by atoms with Crippen LogP contribution in [-0.2, 0) is 6.61 Å². The summed E-state index contributed by atoms with van der Waals surface area (Å²) in [6, 6.07) is 3.00. The molecule has 5 N–H and O–H groups in total. The van der Waals surface area contributed by atoms with Crippen molar-refractivity contribution in [3.8, 4) is 5.69 Å². The molecule has 0 spiro atoms. The third-order valence-corrected chi connectivity index (χ3v) is 5.55. The van der Waals surface area contributed by atoms with Crippen molar-refractivity contribution in [2.24, 2.45) is 0 Å². The van der Waals surface area contributed by atoms with Gasteiger partial charge in [0.2, 0.25) is 5.43 Å². The Labute approximate surface area is 178 Å². The molecule has 1 saturated heterocycles. The first-order chi connectivity index (χ1) is 14.6. The summed E-state index contributed by atoms with van der Waals surface area (Å²) < 4.78 is 30.0. The van der Waals surface area contributed by atoms with E-state index < -0.39 is 41.3 Å². The van der Waals surface area contributed by atoms with E-state index in [0.717, 1.165) is 24.4 Å². The largest absolute Gasteiger partial charge is 0.477 e. The number of anilines is 2. The second-order valence-electron chi connectivity index (χ2n) is 7.18. The van der Waals surface area contributed by atoms with Crippen LogP contribution in [0.15, 0.2) is 29.2 Å². The van der Waals surface area contributed by atoms with Crippen LogP contribution >= 0.6 is 11.6 Å². The number of halogens is 3. The molecular weight excluding hydrogens is 436 g/mol. The number of fused-ring (bicyclic) bond motifs is 1. The van der Waals surface area contributed by atoms with Gasteiger partial charge in [-0.15, -0.1) is 0 Å². The van der Waals surface area contributed by atoms with Crippen LogP contribution in [0.1, 0.15) is 15.9 Å². The number of hydrogen-bond donors (Lipinski definition) is 4. The highest BCUT2D eigenvalue weighted by Crippen LogP contribution is 2.39. The highest BCUT2D eigenvalue weighted by atomic mass is 35.5. The zero-order valence-electron chi connectivity index (χ0n) is 15.8. The Bertz CT molecular complexity index is 1300. The number of hydrogen-bond acceptors (Lipinski definition) is 6. The molecule has 0 aliphatic carbocycles. The lowest BCUT2D eigenvalue weighted by molar-refractivity contribution is 0.0695. The van der Waals surface area contributed by atoms with Gasteiger partial charge in [-0.1, -0.05) is 11.6 Å². The van der Waals surface area contributed by atoms with Crippen LogP contribution in [0, 0.1) is 11.6 Å². The van der Waals surface area contributed by atoms with Gasteiger partial charge in [0.1, 0.15) is 17.2 Å². The van der Waals surface area contributed by atoms with Crippen LogP contribution in [0.25, 0.3) is 16.6 Å². The summed E-state index contributed by atoms with van der Waals surface area (Å²) in [5, 5.41) is 28.2. The number of carbonyl (C=O) groups is 1. The van der Waals surface area contributed by atoms with Gasteiger partial charge < -0.3 is 30.5 Å². The van der Waals surface area contributed by atoms with Crippen LogP contribution in [0.3, 0.4) is 0 Å². The van der Waals surface area contributed by atoms with Crippen LogP contribution in [0.2, 0.25) is 5.02 Å². The molecule has 11 heteroatoms. The van der Waals surface area contributed by atoms with E-state index in [-0.39, 0.29) is 51.6 Å².